The number of aromatic amines is 1. The Balaban J connectivity index is 1.49. The molecule has 1 aliphatic carbocycles. The average molecular weight is 314 g/mol. The number of rotatable bonds is 3. The highest BCUT2D eigenvalue weighted by Gasteiger charge is 2.43. The third kappa shape index (κ3) is 2.35. The molecule has 0 unspecified atom stereocenters. The molecule has 122 valence electrons. The molecule has 1 saturated carbocycles. The van der Waals surface area contributed by atoms with Gasteiger partial charge in [-0.2, -0.15) is 0 Å². The molecule has 1 amide bonds. The summed E-state index contributed by atoms with van der Waals surface area (Å²) in [5.74, 6) is 2.23. The molecule has 2 aromatic heterocycles. The summed E-state index contributed by atoms with van der Waals surface area (Å²) in [5.41, 5.74) is 6.35. The summed E-state index contributed by atoms with van der Waals surface area (Å²) in [6, 6.07) is 2.49. The number of anilines is 1. The minimum atomic E-state index is 0.0779. The Morgan fingerprint density at radius 1 is 1.39 bits per heavy atom. The van der Waals surface area contributed by atoms with E-state index >= 15 is 0 Å². The number of nitrogens with zero attached hydrogens (tertiary/aromatic N) is 4. The Labute approximate surface area is 134 Å². The van der Waals surface area contributed by atoms with Gasteiger partial charge in [0.25, 0.3) is 0 Å². The fourth-order valence-electron chi connectivity index (χ4n) is 4.23. The van der Waals surface area contributed by atoms with Gasteiger partial charge in [-0.3, -0.25) is 4.79 Å². The Kier molecular flexibility index (Phi) is 3.45. The molecular weight excluding hydrogens is 292 g/mol. The Bertz CT molecular complexity index is 714. The van der Waals surface area contributed by atoms with Crippen LogP contribution in [0.4, 0.5) is 5.82 Å². The number of hydrogen-bond acceptors (Lipinski definition) is 5. The number of likely N-dealkylation sites (tertiary alicyclic amines) is 1. The molecule has 3 atom stereocenters. The Hall–Kier alpha value is -2.15. The molecule has 4 rings (SSSR count). The summed E-state index contributed by atoms with van der Waals surface area (Å²) >= 11 is 0. The Morgan fingerprint density at radius 2 is 2.13 bits per heavy atom. The van der Waals surface area contributed by atoms with Gasteiger partial charge in [0, 0.05) is 32.4 Å². The number of nitrogens with two attached hydrogens (primary N) is 1. The van der Waals surface area contributed by atoms with Crippen LogP contribution in [0.2, 0.25) is 0 Å². The first-order valence-electron chi connectivity index (χ1n) is 8.16. The molecule has 2 aliphatic rings. The first-order valence-corrected chi connectivity index (χ1v) is 8.16. The van der Waals surface area contributed by atoms with Crippen molar-refractivity contribution in [1.82, 2.24) is 19.9 Å². The van der Waals surface area contributed by atoms with Crippen LogP contribution in [-0.2, 0) is 4.79 Å². The number of nitrogens with one attached hydrogen (secondary N) is 1. The third-order valence-corrected chi connectivity index (χ3v) is 5.47. The molecule has 0 radical (unpaired) electrons. The molecule has 2 aromatic rings. The molecule has 7 heteroatoms. The maximum atomic E-state index is 11.8. The van der Waals surface area contributed by atoms with Gasteiger partial charge in [0.15, 0.2) is 0 Å². The van der Waals surface area contributed by atoms with Crippen molar-refractivity contribution in [1.29, 1.82) is 0 Å². The van der Waals surface area contributed by atoms with Crippen molar-refractivity contribution in [3.8, 4) is 0 Å². The molecule has 0 spiro atoms. The van der Waals surface area contributed by atoms with Crippen LogP contribution in [0, 0.1) is 11.8 Å². The zero-order chi connectivity index (χ0) is 16.0. The van der Waals surface area contributed by atoms with Crippen LogP contribution >= 0.6 is 0 Å². The van der Waals surface area contributed by atoms with Crippen molar-refractivity contribution in [3.05, 3.63) is 18.6 Å². The van der Waals surface area contributed by atoms with E-state index in [9.17, 15) is 4.79 Å². The van der Waals surface area contributed by atoms with E-state index in [1.807, 2.05) is 17.2 Å². The monoisotopic (exact) mass is 314 g/mol. The Morgan fingerprint density at radius 3 is 2.83 bits per heavy atom. The second-order valence-corrected chi connectivity index (χ2v) is 6.70. The molecular formula is C16H22N6O. The van der Waals surface area contributed by atoms with Crippen molar-refractivity contribution in [2.75, 3.05) is 31.6 Å². The van der Waals surface area contributed by atoms with Crippen LogP contribution in [0.25, 0.3) is 11.0 Å². The van der Waals surface area contributed by atoms with E-state index in [1.54, 1.807) is 6.33 Å². The summed E-state index contributed by atoms with van der Waals surface area (Å²) in [5, 5.41) is 1.06. The van der Waals surface area contributed by atoms with Crippen LogP contribution in [-0.4, -0.2) is 58.5 Å². The van der Waals surface area contributed by atoms with E-state index in [0.29, 0.717) is 17.9 Å². The highest BCUT2D eigenvalue weighted by Crippen LogP contribution is 2.41. The lowest BCUT2D eigenvalue weighted by atomic mass is 10.0. The fraction of sp³-hybridized carbons (Fsp3) is 0.562. The number of aromatic nitrogens is 3. The highest BCUT2D eigenvalue weighted by molar-refractivity contribution is 5.87. The SMILES string of the molecule is CN(c1ncnc2[nH]ccc12)[C@H]1C[C@@H]2CN(C(=O)CN)C[C@@H]2C1. The number of fused-ring (bicyclic) bond motifs is 2. The average Bonchev–Trinajstić information content (AvgIpc) is 3.26. The maximum Gasteiger partial charge on any atom is 0.236 e. The summed E-state index contributed by atoms with van der Waals surface area (Å²) in [4.78, 5) is 27.9. The molecule has 1 aliphatic heterocycles. The first kappa shape index (κ1) is 14.4. The van der Waals surface area contributed by atoms with E-state index in [4.69, 9.17) is 5.73 Å². The quantitative estimate of drug-likeness (QED) is 0.865. The molecule has 1 saturated heterocycles. The maximum absolute atomic E-state index is 11.8. The van der Waals surface area contributed by atoms with Crippen molar-refractivity contribution in [2.24, 2.45) is 17.6 Å². The summed E-state index contributed by atoms with van der Waals surface area (Å²) in [6.45, 7) is 1.83. The van der Waals surface area contributed by atoms with Crippen LogP contribution in [0.1, 0.15) is 12.8 Å². The van der Waals surface area contributed by atoms with E-state index in [2.05, 4.69) is 26.9 Å². The number of amides is 1. The van der Waals surface area contributed by atoms with E-state index in [0.717, 1.165) is 42.8 Å². The minimum Gasteiger partial charge on any atom is -0.356 e. The van der Waals surface area contributed by atoms with Gasteiger partial charge >= 0.3 is 0 Å². The topological polar surface area (TPSA) is 91.1 Å². The van der Waals surface area contributed by atoms with Crippen molar-refractivity contribution in [2.45, 2.75) is 18.9 Å². The van der Waals surface area contributed by atoms with Crippen LogP contribution in [0.15, 0.2) is 18.6 Å². The zero-order valence-corrected chi connectivity index (χ0v) is 13.3. The normalized spacial score (nSPS) is 26.7. The molecule has 0 aromatic carbocycles. The van der Waals surface area contributed by atoms with Crippen LogP contribution in [0.5, 0.6) is 0 Å². The predicted molar refractivity (Wildman–Crippen MR) is 87.9 cm³/mol. The van der Waals surface area contributed by atoms with Gasteiger partial charge in [-0.25, -0.2) is 9.97 Å². The third-order valence-electron chi connectivity index (χ3n) is 5.47. The molecule has 3 heterocycles. The molecule has 23 heavy (non-hydrogen) atoms. The molecule has 3 N–H and O–H groups in total. The summed E-state index contributed by atoms with van der Waals surface area (Å²) in [7, 11) is 2.11. The lowest BCUT2D eigenvalue weighted by Crippen LogP contribution is -2.37. The van der Waals surface area contributed by atoms with Crippen molar-refractivity contribution in [3.63, 3.8) is 0 Å². The number of carbonyl (C=O) groups excluding carboxylic acids is 1. The van der Waals surface area contributed by atoms with Gasteiger partial charge in [-0.1, -0.05) is 0 Å². The van der Waals surface area contributed by atoms with Gasteiger partial charge in [0.2, 0.25) is 5.91 Å². The van der Waals surface area contributed by atoms with Gasteiger partial charge in [0.05, 0.1) is 11.9 Å². The van der Waals surface area contributed by atoms with E-state index < -0.39 is 0 Å². The smallest absolute Gasteiger partial charge is 0.236 e. The number of hydrogen-bond donors (Lipinski definition) is 2. The second kappa shape index (κ2) is 5.49. The number of H-pyrrole nitrogens is 1. The lowest BCUT2D eigenvalue weighted by Gasteiger charge is -2.27. The van der Waals surface area contributed by atoms with Gasteiger partial charge < -0.3 is 20.5 Å². The standard InChI is InChI=1S/C16H22N6O/c1-21(16-13-2-3-18-15(13)19-9-20-16)12-4-10-7-22(14(23)6-17)8-11(10)5-12/h2-3,9-12H,4-8,17H2,1H3,(H,18,19,20)/t10-,11+,12+. The van der Waals surface area contributed by atoms with Crippen molar-refractivity contribution < 1.29 is 4.79 Å². The van der Waals surface area contributed by atoms with E-state index in [-0.39, 0.29) is 12.5 Å². The van der Waals surface area contributed by atoms with Gasteiger partial charge in [-0.05, 0) is 30.7 Å². The summed E-state index contributed by atoms with van der Waals surface area (Å²) in [6.07, 6.45) is 5.72. The lowest BCUT2D eigenvalue weighted by molar-refractivity contribution is -0.128. The molecule has 2 fully saturated rings. The molecule has 0 bridgehead atoms. The minimum absolute atomic E-state index is 0.0779. The first-order chi connectivity index (χ1) is 11.2. The zero-order valence-electron chi connectivity index (χ0n) is 13.3. The van der Waals surface area contributed by atoms with Gasteiger partial charge in [0.1, 0.15) is 17.8 Å². The van der Waals surface area contributed by atoms with Gasteiger partial charge in [-0.15, -0.1) is 0 Å². The highest BCUT2D eigenvalue weighted by atomic mass is 16.2. The largest absolute Gasteiger partial charge is 0.356 e. The second-order valence-electron chi connectivity index (χ2n) is 6.70. The predicted octanol–water partition coefficient (Wildman–Crippen LogP) is 0.590. The van der Waals surface area contributed by atoms with Crippen LogP contribution < -0.4 is 10.6 Å². The molecule has 7 nitrogen and oxygen atoms in total. The fourth-order valence-corrected chi connectivity index (χ4v) is 4.23. The number of carbonyl (C=O) groups is 1. The van der Waals surface area contributed by atoms with Crippen LogP contribution in [0.3, 0.4) is 0 Å². The van der Waals surface area contributed by atoms with E-state index in [1.165, 1.54) is 0 Å². The summed E-state index contributed by atoms with van der Waals surface area (Å²) < 4.78 is 0. The van der Waals surface area contributed by atoms with Crippen molar-refractivity contribution >= 4 is 22.8 Å².